The van der Waals surface area contributed by atoms with Gasteiger partial charge in [-0.25, -0.2) is 0 Å². The largest absolute Gasteiger partial charge is 0.369 e. The first-order valence-corrected chi connectivity index (χ1v) is 10.8. The number of nitrogens with zero attached hydrogens (tertiary/aromatic N) is 1. The van der Waals surface area contributed by atoms with Gasteiger partial charge in [0.15, 0.2) is 6.29 Å². The molecule has 1 aliphatic rings. The molecule has 1 aliphatic heterocycles. The van der Waals surface area contributed by atoms with E-state index in [9.17, 15) is 5.26 Å². The van der Waals surface area contributed by atoms with Gasteiger partial charge >= 0.3 is 0 Å². The molecular weight excluding hydrogens is 402 g/mol. The standard InChI is InChI=1S/C27H27NO4/c28-16-24-20-32-27(31-19-23-14-8-3-9-15-23)26(30-18-22-12-6-2-7-13-22)25(24)29-17-21-10-4-1-5-11-21/h1-15,24-27H,17-20H2/t24-,25-,26+,27-/m1/s1. The maximum Gasteiger partial charge on any atom is 0.186 e. The van der Waals surface area contributed by atoms with Gasteiger partial charge in [-0.3, -0.25) is 0 Å². The lowest BCUT2D eigenvalue weighted by molar-refractivity contribution is -0.280. The molecule has 0 aliphatic carbocycles. The zero-order valence-electron chi connectivity index (χ0n) is 17.9. The highest BCUT2D eigenvalue weighted by atomic mass is 16.7. The van der Waals surface area contributed by atoms with Crippen LogP contribution in [0.25, 0.3) is 0 Å². The van der Waals surface area contributed by atoms with Gasteiger partial charge in [0.2, 0.25) is 0 Å². The molecule has 164 valence electrons. The average molecular weight is 430 g/mol. The molecule has 3 aromatic rings. The molecule has 0 aromatic heterocycles. The van der Waals surface area contributed by atoms with Gasteiger partial charge in [-0.05, 0) is 16.7 Å². The van der Waals surface area contributed by atoms with Crippen molar-refractivity contribution in [2.45, 2.75) is 38.3 Å². The van der Waals surface area contributed by atoms with Crippen molar-refractivity contribution in [2.24, 2.45) is 5.92 Å². The molecule has 32 heavy (non-hydrogen) atoms. The van der Waals surface area contributed by atoms with Crippen LogP contribution >= 0.6 is 0 Å². The van der Waals surface area contributed by atoms with E-state index in [2.05, 4.69) is 6.07 Å². The molecule has 0 spiro atoms. The van der Waals surface area contributed by atoms with Crippen LogP contribution in [0.1, 0.15) is 16.7 Å². The van der Waals surface area contributed by atoms with Crippen LogP contribution in [-0.2, 0) is 38.8 Å². The minimum absolute atomic E-state index is 0.237. The van der Waals surface area contributed by atoms with Gasteiger partial charge < -0.3 is 18.9 Å². The highest BCUT2D eigenvalue weighted by molar-refractivity contribution is 5.15. The molecule has 1 heterocycles. The molecular formula is C27H27NO4. The third kappa shape index (κ3) is 6.03. The highest BCUT2D eigenvalue weighted by Gasteiger charge is 2.43. The van der Waals surface area contributed by atoms with Crippen molar-refractivity contribution in [3.63, 3.8) is 0 Å². The van der Waals surface area contributed by atoms with Crippen molar-refractivity contribution in [3.05, 3.63) is 108 Å². The van der Waals surface area contributed by atoms with Crippen molar-refractivity contribution in [1.29, 1.82) is 5.26 Å². The quantitative estimate of drug-likeness (QED) is 0.486. The van der Waals surface area contributed by atoms with E-state index in [1.165, 1.54) is 0 Å². The fourth-order valence-electron chi connectivity index (χ4n) is 3.70. The lowest BCUT2D eigenvalue weighted by Crippen LogP contribution is -2.53. The van der Waals surface area contributed by atoms with Gasteiger partial charge in [0.1, 0.15) is 12.2 Å². The third-order valence-corrected chi connectivity index (χ3v) is 5.42. The Hall–Kier alpha value is -3.01. The maximum atomic E-state index is 9.75. The molecule has 1 saturated heterocycles. The molecule has 5 nitrogen and oxygen atoms in total. The van der Waals surface area contributed by atoms with Crippen molar-refractivity contribution < 1.29 is 18.9 Å². The van der Waals surface area contributed by atoms with Crippen LogP contribution in [0.5, 0.6) is 0 Å². The molecule has 0 saturated carbocycles. The van der Waals surface area contributed by atoms with Gasteiger partial charge in [-0.1, -0.05) is 91.0 Å². The average Bonchev–Trinajstić information content (AvgIpc) is 2.87. The first-order valence-electron chi connectivity index (χ1n) is 10.8. The second-order valence-corrected chi connectivity index (χ2v) is 7.76. The van der Waals surface area contributed by atoms with E-state index >= 15 is 0 Å². The molecule has 5 heteroatoms. The smallest absolute Gasteiger partial charge is 0.186 e. The second kappa shape index (κ2) is 11.6. The Kier molecular flexibility index (Phi) is 8.02. The first-order chi connectivity index (χ1) is 15.8. The molecule has 0 amide bonds. The van der Waals surface area contributed by atoms with E-state index in [0.717, 1.165) is 16.7 Å². The predicted molar refractivity (Wildman–Crippen MR) is 120 cm³/mol. The monoisotopic (exact) mass is 429 g/mol. The lowest BCUT2D eigenvalue weighted by atomic mass is 9.96. The van der Waals surface area contributed by atoms with Crippen LogP contribution in [0.3, 0.4) is 0 Å². The minimum Gasteiger partial charge on any atom is -0.369 e. The molecule has 0 N–H and O–H groups in total. The fourth-order valence-corrected chi connectivity index (χ4v) is 3.70. The van der Waals surface area contributed by atoms with Crippen LogP contribution < -0.4 is 0 Å². The van der Waals surface area contributed by atoms with Gasteiger partial charge in [0, 0.05) is 0 Å². The van der Waals surface area contributed by atoms with Crippen molar-refractivity contribution in [1.82, 2.24) is 0 Å². The molecule has 0 radical (unpaired) electrons. The summed E-state index contributed by atoms with van der Waals surface area (Å²) in [6.45, 7) is 1.39. The van der Waals surface area contributed by atoms with Gasteiger partial charge in [0.05, 0.1) is 38.4 Å². The summed E-state index contributed by atoms with van der Waals surface area (Å²) in [7, 11) is 0. The summed E-state index contributed by atoms with van der Waals surface area (Å²) in [6, 6.07) is 32.1. The number of ether oxygens (including phenoxy) is 4. The Morgan fingerprint density at radius 1 is 0.656 bits per heavy atom. The normalized spacial score (nSPS) is 22.8. The minimum atomic E-state index is -0.635. The zero-order chi connectivity index (χ0) is 22.0. The van der Waals surface area contributed by atoms with E-state index in [0.29, 0.717) is 19.8 Å². The molecule has 0 bridgehead atoms. The summed E-state index contributed by atoms with van der Waals surface area (Å²) in [6.07, 6.45) is -1.65. The topological polar surface area (TPSA) is 60.7 Å². The number of hydrogen-bond acceptors (Lipinski definition) is 5. The van der Waals surface area contributed by atoms with Crippen LogP contribution in [0.15, 0.2) is 91.0 Å². The molecule has 1 fully saturated rings. The Balaban J connectivity index is 1.50. The molecule has 4 atom stereocenters. The molecule has 4 rings (SSSR count). The first kappa shape index (κ1) is 22.2. The van der Waals surface area contributed by atoms with Crippen molar-refractivity contribution >= 4 is 0 Å². The van der Waals surface area contributed by atoms with E-state index in [1.807, 2.05) is 91.0 Å². The van der Waals surface area contributed by atoms with Crippen LogP contribution in [0, 0.1) is 17.2 Å². The summed E-state index contributed by atoms with van der Waals surface area (Å²) in [5.41, 5.74) is 3.12. The van der Waals surface area contributed by atoms with Crippen LogP contribution in [0.4, 0.5) is 0 Å². The van der Waals surface area contributed by atoms with Gasteiger partial charge in [-0.15, -0.1) is 0 Å². The van der Waals surface area contributed by atoms with Gasteiger partial charge in [0.25, 0.3) is 0 Å². The Morgan fingerprint density at radius 2 is 1.09 bits per heavy atom. The second-order valence-electron chi connectivity index (χ2n) is 7.76. The summed E-state index contributed by atoms with van der Waals surface area (Å²) >= 11 is 0. The summed E-state index contributed by atoms with van der Waals surface area (Å²) in [4.78, 5) is 0. The third-order valence-electron chi connectivity index (χ3n) is 5.42. The van der Waals surface area contributed by atoms with Gasteiger partial charge in [-0.2, -0.15) is 5.26 Å². The summed E-state index contributed by atoms with van der Waals surface area (Å²) in [5.74, 6) is -0.448. The van der Waals surface area contributed by atoms with Crippen molar-refractivity contribution in [3.8, 4) is 6.07 Å². The maximum absolute atomic E-state index is 9.75. The van der Waals surface area contributed by atoms with E-state index in [-0.39, 0.29) is 6.61 Å². The predicted octanol–water partition coefficient (Wildman–Crippen LogP) is 4.87. The Labute approximate surface area is 189 Å². The Morgan fingerprint density at radius 3 is 1.56 bits per heavy atom. The number of nitriles is 1. The Bertz CT molecular complexity index is 975. The van der Waals surface area contributed by atoms with E-state index in [1.54, 1.807) is 0 Å². The number of hydrogen-bond donors (Lipinski definition) is 0. The SMILES string of the molecule is N#C[C@@H]1CO[C@@H](OCc2ccccc2)[C@@H](OCc2ccccc2)[C@@H]1OCc1ccccc1. The lowest BCUT2D eigenvalue weighted by Gasteiger charge is -2.39. The zero-order valence-corrected chi connectivity index (χ0v) is 17.9. The summed E-state index contributed by atoms with van der Waals surface area (Å²) in [5, 5.41) is 9.75. The fraction of sp³-hybridized carbons (Fsp3) is 0.296. The molecule has 3 aromatic carbocycles. The van der Waals surface area contributed by atoms with E-state index < -0.39 is 24.4 Å². The van der Waals surface area contributed by atoms with Crippen molar-refractivity contribution in [2.75, 3.05) is 6.61 Å². The van der Waals surface area contributed by atoms with E-state index in [4.69, 9.17) is 18.9 Å². The van der Waals surface area contributed by atoms with Crippen LogP contribution in [-0.4, -0.2) is 25.1 Å². The highest BCUT2D eigenvalue weighted by Crippen LogP contribution is 2.28. The number of benzene rings is 3. The number of rotatable bonds is 9. The van der Waals surface area contributed by atoms with Crippen LogP contribution in [0.2, 0.25) is 0 Å². The summed E-state index contributed by atoms with van der Waals surface area (Å²) < 4.78 is 24.6. The molecule has 0 unspecified atom stereocenters.